The number of carbonyl (C=O) groups is 1. The largest absolute Gasteiger partial charge is 0.345 e. The second-order valence-electron chi connectivity index (χ2n) is 7.12. The van der Waals surface area contributed by atoms with Gasteiger partial charge in [0.2, 0.25) is 0 Å². The maximum absolute atomic E-state index is 12.8. The van der Waals surface area contributed by atoms with E-state index in [0.717, 1.165) is 17.5 Å². The van der Waals surface area contributed by atoms with Crippen molar-refractivity contribution in [2.24, 2.45) is 0 Å². The first-order valence-corrected chi connectivity index (χ1v) is 11.3. The minimum Gasteiger partial charge on any atom is -0.345 e. The zero-order chi connectivity index (χ0) is 21.7. The molecule has 3 aromatic rings. The van der Waals surface area contributed by atoms with Crippen LogP contribution in [0.5, 0.6) is 0 Å². The van der Waals surface area contributed by atoms with Crippen LogP contribution in [-0.2, 0) is 10.0 Å². The first-order chi connectivity index (χ1) is 14.3. The fraction of sp³-hybridized carbons (Fsp3) is 0.208. The van der Waals surface area contributed by atoms with Crippen molar-refractivity contribution in [2.75, 3.05) is 11.4 Å². The van der Waals surface area contributed by atoms with E-state index in [1.807, 2.05) is 38.1 Å². The van der Waals surface area contributed by atoms with Crippen LogP contribution in [0.3, 0.4) is 0 Å². The molecule has 30 heavy (non-hydrogen) atoms. The van der Waals surface area contributed by atoms with Gasteiger partial charge in [-0.05, 0) is 60.9 Å². The number of hydrogen-bond acceptors (Lipinski definition) is 3. The van der Waals surface area contributed by atoms with Gasteiger partial charge < -0.3 is 5.32 Å². The Morgan fingerprint density at radius 3 is 2.13 bits per heavy atom. The van der Waals surface area contributed by atoms with Crippen molar-refractivity contribution in [2.45, 2.75) is 31.2 Å². The fourth-order valence-corrected chi connectivity index (χ4v) is 4.55. The molecule has 1 atom stereocenters. The van der Waals surface area contributed by atoms with E-state index in [2.05, 4.69) is 5.32 Å². The molecule has 3 aromatic carbocycles. The summed E-state index contributed by atoms with van der Waals surface area (Å²) in [6.45, 7) is 4.06. The minimum absolute atomic E-state index is 0.0838. The summed E-state index contributed by atoms with van der Waals surface area (Å²) in [5.74, 6) is -0.190. The molecule has 1 amide bonds. The highest BCUT2D eigenvalue weighted by Gasteiger charge is 2.21. The fourth-order valence-electron chi connectivity index (χ4n) is 3.33. The Bertz CT molecular complexity index is 1110. The number of benzene rings is 3. The second-order valence-corrected chi connectivity index (χ2v) is 9.09. The number of sulfonamides is 1. The predicted octanol–water partition coefficient (Wildman–Crippen LogP) is 4.70. The van der Waals surface area contributed by atoms with E-state index in [9.17, 15) is 13.2 Å². The highest BCUT2D eigenvalue weighted by molar-refractivity contribution is 7.92. The van der Waals surface area contributed by atoms with Gasteiger partial charge in [0.15, 0.2) is 0 Å². The van der Waals surface area contributed by atoms with E-state index in [1.54, 1.807) is 54.6 Å². The molecule has 0 aliphatic heterocycles. The van der Waals surface area contributed by atoms with Crippen LogP contribution in [0.4, 0.5) is 5.69 Å². The van der Waals surface area contributed by atoms with Crippen molar-refractivity contribution in [3.05, 3.63) is 95.6 Å². The molecule has 0 saturated carbocycles. The number of nitrogens with one attached hydrogen (secondary N) is 1. The van der Waals surface area contributed by atoms with Gasteiger partial charge >= 0.3 is 0 Å². The van der Waals surface area contributed by atoms with Crippen LogP contribution in [0.25, 0.3) is 0 Å². The molecule has 1 N–H and O–H groups in total. The van der Waals surface area contributed by atoms with Crippen LogP contribution in [0.15, 0.2) is 83.8 Å². The lowest BCUT2D eigenvalue weighted by molar-refractivity contribution is 0.0935. The van der Waals surface area contributed by atoms with E-state index in [-0.39, 0.29) is 16.8 Å². The van der Waals surface area contributed by atoms with E-state index < -0.39 is 10.0 Å². The summed E-state index contributed by atoms with van der Waals surface area (Å²) in [7, 11) is -2.15. The number of nitrogens with zero attached hydrogens (tertiary/aromatic N) is 1. The maximum Gasteiger partial charge on any atom is 0.264 e. The molecule has 0 heterocycles. The lowest BCUT2D eigenvalue weighted by Gasteiger charge is -2.21. The van der Waals surface area contributed by atoms with Gasteiger partial charge in [0.25, 0.3) is 15.9 Å². The first-order valence-electron chi connectivity index (χ1n) is 9.85. The van der Waals surface area contributed by atoms with E-state index in [1.165, 1.54) is 11.4 Å². The van der Waals surface area contributed by atoms with Crippen molar-refractivity contribution in [1.29, 1.82) is 0 Å². The number of hydrogen-bond donors (Lipinski definition) is 1. The summed E-state index contributed by atoms with van der Waals surface area (Å²) < 4.78 is 26.8. The molecule has 156 valence electrons. The molecular formula is C24H26N2O3S. The normalized spacial score (nSPS) is 12.2. The highest BCUT2D eigenvalue weighted by atomic mass is 32.2. The Labute approximate surface area is 178 Å². The number of aryl methyl sites for hydroxylation is 1. The average molecular weight is 423 g/mol. The molecule has 0 bridgehead atoms. The lowest BCUT2D eigenvalue weighted by atomic mass is 9.99. The van der Waals surface area contributed by atoms with Crippen LogP contribution >= 0.6 is 0 Å². The maximum atomic E-state index is 12.8. The molecule has 3 rings (SSSR count). The zero-order valence-electron chi connectivity index (χ0n) is 17.4. The van der Waals surface area contributed by atoms with Gasteiger partial charge in [0.05, 0.1) is 16.6 Å². The van der Waals surface area contributed by atoms with Crippen molar-refractivity contribution in [3.63, 3.8) is 0 Å². The number of rotatable bonds is 7. The molecule has 0 radical (unpaired) electrons. The third-order valence-corrected chi connectivity index (χ3v) is 6.97. The third-order valence-electron chi connectivity index (χ3n) is 5.17. The molecule has 0 spiro atoms. The van der Waals surface area contributed by atoms with Crippen molar-refractivity contribution in [1.82, 2.24) is 5.32 Å². The SMILES string of the molecule is CCC(NC(=O)c1ccc(N(C)S(=O)(=O)c2ccccc2)cc1)c1ccccc1C. The minimum atomic E-state index is -3.66. The van der Waals surface area contributed by atoms with Crippen molar-refractivity contribution >= 4 is 21.6 Å². The smallest absolute Gasteiger partial charge is 0.264 e. The predicted molar refractivity (Wildman–Crippen MR) is 120 cm³/mol. The summed E-state index contributed by atoms with van der Waals surface area (Å²) >= 11 is 0. The molecule has 0 saturated heterocycles. The quantitative estimate of drug-likeness (QED) is 0.600. The first kappa shape index (κ1) is 21.6. The van der Waals surface area contributed by atoms with Gasteiger partial charge in [-0.3, -0.25) is 9.10 Å². The zero-order valence-corrected chi connectivity index (χ0v) is 18.2. The summed E-state index contributed by atoms with van der Waals surface area (Å²) in [6, 6.07) is 22.8. The molecule has 0 aliphatic rings. The Balaban J connectivity index is 1.76. The standard InChI is InChI=1S/C24H26N2O3S/c1-4-23(22-13-9-8-10-18(22)2)25-24(27)19-14-16-20(17-15-19)26(3)30(28,29)21-11-6-5-7-12-21/h5-17,23H,4H2,1-3H3,(H,25,27). The average Bonchev–Trinajstić information content (AvgIpc) is 2.78. The van der Waals surface area contributed by atoms with Crippen molar-refractivity contribution in [3.8, 4) is 0 Å². The van der Waals surface area contributed by atoms with E-state index in [0.29, 0.717) is 11.3 Å². The lowest BCUT2D eigenvalue weighted by Crippen LogP contribution is -2.29. The Hall–Kier alpha value is -3.12. The highest BCUT2D eigenvalue weighted by Crippen LogP contribution is 2.24. The van der Waals surface area contributed by atoms with E-state index in [4.69, 9.17) is 0 Å². The van der Waals surface area contributed by atoms with Gasteiger partial charge in [0.1, 0.15) is 0 Å². The number of anilines is 1. The number of carbonyl (C=O) groups excluding carboxylic acids is 1. The van der Waals surface area contributed by atoms with Crippen molar-refractivity contribution < 1.29 is 13.2 Å². The number of amides is 1. The van der Waals surface area contributed by atoms with Crippen LogP contribution in [0.1, 0.15) is 40.9 Å². The molecule has 0 aromatic heterocycles. The molecule has 1 unspecified atom stereocenters. The van der Waals surface area contributed by atoms with Gasteiger partial charge in [-0.1, -0.05) is 49.4 Å². The molecule has 0 fully saturated rings. The Morgan fingerprint density at radius 1 is 0.933 bits per heavy atom. The Kier molecular flexibility index (Phi) is 6.57. The van der Waals surface area contributed by atoms with Gasteiger partial charge in [-0.25, -0.2) is 8.42 Å². The molecule has 6 heteroatoms. The molecule has 0 aliphatic carbocycles. The van der Waals surface area contributed by atoms with Gasteiger partial charge in [-0.15, -0.1) is 0 Å². The molecular weight excluding hydrogens is 396 g/mol. The van der Waals surface area contributed by atoms with E-state index >= 15 is 0 Å². The van der Waals surface area contributed by atoms with Gasteiger partial charge in [-0.2, -0.15) is 0 Å². The molecule has 5 nitrogen and oxygen atoms in total. The van der Waals surface area contributed by atoms with Gasteiger partial charge in [0, 0.05) is 12.6 Å². The van der Waals surface area contributed by atoms with Crippen LogP contribution in [0, 0.1) is 6.92 Å². The summed E-state index contributed by atoms with van der Waals surface area (Å²) in [4.78, 5) is 13.0. The topological polar surface area (TPSA) is 66.5 Å². The van der Waals surface area contributed by atoms with Crippen LogP contribution in [-0.4, -0.2) is 21.4 Å². The Morgan fingerprint density at radius 2 is 1.53 bits per heavy atom. The summed E-state index contributed by atoms with van der Waals surface area (Å²) in [5, 5.41) is 3.07. The monoisotopic (exact) mass is 422 g/mol. The summed E-state index contributed by atoms with van der Waals surface area (Å²) in [5.41, 5.74) is 3.20. The third kappa shape index (κ3) is 4.54. The second kappa shape index (κ2) is 9.13. The van der Waals surface area contributed by atoms with Crippen LogP contribution in [0.2, 0.25) is 0 Å². The summed E-state index contributed by atoms with van der Waals surface area (Å²) in [6.07, 6.45) is 0.771. The van der Waals surface area contributed by atoms with Crippen LogP contribution < -0.4 is 9.62 Å².